The maximum atomic E-state index is 14.0. The molecule has 24 heavy (non-hydrogen) atoms. The molecule has 0 bridgehead atoms. The van der Waals surface area contributed by atoms with Crippen LogP contribution in [0.2, 0.25) is 0 Å². The first-order valence-electron chi connectivity index (χ1n) is 7.61. The van der Waals surface area contributed by atoms with Crippen molar-refractivity contribution in [2.45, 2.75) is 44.6 Å². The maximum Gasteiger partial charge on any atom is 0.227 e. The summed E-state index contributed by atoms with van der Waals surface area (Å²) in [5.74, 6) is -0.993. The van der Waals surface area contributed by atoms with Gasteiger partial charge in [0.25, 0.3) is 0 Å². The van der Waals surface area contributed by atoms with E-state index in [2.05, 4.69) is 5.32 Å². The molecule has 138 valence electrons. The van der Waals surface area contributed by atoms with Crippen molar-refractivity contribution in [3.8, 4) is 0 Å². The quantitative estimate of drug-likeness (QED) is 0.760. The molecule has 1 aromatic rings. The standard InChI is InChI=1S/C16H25FN2O3S.ClH/c1-5-16(6-2,10-18)15(20)19-11(3)12-7-8-14(13(17)9-12)23(4,21)22;/h7-9,11H,5-6,10,18H2,1-4H3,(H,19,20);1H. The molecular weight excluding hydrogens is 355 g/mol. The normalized spacial score (nSPS) is 13.1. The Hall–Kier alpha value is -1.18. The number of amides is 1. The van der Waals surface area contributed by atoms with Crippen LogP contribution in [0.25, 0.3) is 0 Å². The van der Waals surface area contributed by atoms with E-state index < -0.39 is 27.1 Å². The lowest BCUT2D eigenvalue weighted by Gasteiger charge is -2.30. The molecule has 1 unspecified atom stereocenters. The highest BCUT2D eigenvalue weighted by Crippen LogP contribution is 2.27. The summed E-state index contributed by atoms with van der Waals surface area (Å²) in [7, 11) is -3.61. The Morgan fingerprint density at radius 3 is 2.25 bits per heavy atom. The molecule has 0 aromatic heterocycles. The summed E-state index contributed by atoms with van der Waals surface area (Å²) in [6.07, 6.45) is 2.17. The summed E-state index contributed by atoms with van der Waals surface area (Å²) in [4.78, 5) is 12.1. The fraction of sp³-hybridized carbons (Fsp3) is 0.562. The molecule has 5 nitrogen and oxygen atoms in total. The third-order valence-electron chi connectivity index (χ3n) is 4.43. The van der Waals surface area contributed by atoms with Gasteiger partial charge < -0.3 is 11.1 Å². The van der Waals surface area contributed by atoms with Crippen molar-refractivity contribution in [3.63, 3.8) is 0 Å². The lowest BCUT2D eigenvalue weighted by Crippen LogP contribution is -2.46. The van der Waals surface area contributed by atoms with E-state index in [-0.39, 0.29) is 29.8 Å². The van der Waals surface area contributed by atoms with Gasteiger partial charge in [-0.05, 0) is 37.5 Å². The molecule has 0 aliphatic rings. The van der Waals surface area contributed by atoms with Crippen molar-refractivity contribution in [1.82, 2.24) is 5.32 Å². The topological polar surface area (TPSA) is 89.3 Å². The number of halogens is 2. The first-order chi connectivity index (χ1) is 10.6. The monoisotopic (exact) mass is 380 g/mol. The van der Waals surface area contributed by atoms with Gasteiger partial charge in [-0.15, -0.1) is 12.4 Å². The minimum atomic E-state index is -3.61. The van der Waals surface area contributed by atoms with Gasteiger partial charge in [-0.2, -0.15) is 0 Å². The van der Waals surface area contributed by atoms with E-state index in [0.717, 1.165) is 12.3 Å². The van der Waals surface area contributed by atoms with E-state index >= 15 is 0 Å². The zero-order valence-electron chi connectivity index (χ0n) is 14.4. The number of nitrogens with one attached hydrogen (secondary N) is 1. The van der Waals surface area contributed by atoms with Gasteiger partial charge in [-0.1, -0.05) is 19.9 Å². The molecule has 1 atom stereocenters. The Balaban J connectivity index is 0.00000529. The van der Waals surface area contributed by atoms with Crippen molar-refractivity contribution in [3.05, 3.63) is 29.6 Å². The van der Waals surface area contributed by atoms with Crippen molar-refractivity contribution in [1.29, 1.82) is 0 Å². The summed E-state index contributed by atoms with van der Waals surface area (Å²) in [6, 6.07) is 3.42. The first-order valence-corrected chi connectivity index (χ1v) is 9.51. The molecule has 1 aromatic carbocycles. The Labute approximate surface area is 149 Å². The molecular formula is C16H26ClFN2O3S. The average molecular weight is 381 g/mol. The molecule has 0 radical (unpaired) electrons. The van der Waals surface area contributed by atoms with Crippen LogP contribution in [-0.4, -0.2) is 27.1 Å². The van der Waals surface area contributed by atoms with Gasteiger partial charge >= 0.3 is 0 Å². The number of nitrogens with two attached hydrogens (primary N) is 1. The summed E-state index contributed by atoms with van der Waals surface area (Å²) < 4.78 is 36.8. The second-order valence-electron chi connectivity index (χ2n) is 5.85. The number of carbonyl (C=O) groups is 1. The van der Waals surface area contributed by atoms with Gasteiger partial charge in [0.05, 0.1) is 11.5 Å². The number of rotatable bonds is 7. The van der Waals surface area contributed by atoms with Gasteiger partial charge in [-0.3, -0.25) is 4.79 Å². The van der Waals surface area contributed by atoms with Crippen LogP contribution in [0.3, 0.4) is 0 Å². The number of hydrogen-bond donors (Lipinski definition) is 2. The third-order valence-corrected chi connectivity index (χ3v) is 5.56. The smallest absolute Gasteiger partial charge is 0.227 e. The van der Waals surface area contributed by atoms with Crippen LogP contribution in [0.1, 0.15) is 45.2 Å². The number of sulfone groups is 1. The van der Waals surface area contributed by atoms with Crippen molar-refractivity contribution < 1.29 is 17.6 Å². The molecule has 0 saturated heterocycles. The zero-order chi connectivity index (χ0) is 17.8. The average Bonchev–Trinajstić information content (AvgIpc) is 2.48. The largest absolute Gasteiger partial charge is 0.349 e. The second kappa shape index (κ2) is 8.78. The number of carbonyl (C=O) groups excluding carboxylic acids is 1. The highest BCUT2D eigenvalue weighted by Gasteiger charge is 2.34. The molecule has 1 amide bonds. The molecule has 0 spiro atoms. The van der Waals surface area contributed by atoms with E-state index in [9.17, 15) is 17.6 Å². The van der Waals surface area contributed by atoms with E-state index in [1.165, 1.54) is 12.1 Å². The minimum absolute atomic E-state index is 0. The van der Waals surface area contributed by atoms with E-state index in [0.29, 0.717) is 18.4 Å². The van der Waals surface area contributed by atoms with E-state index in [1.54, 1.807) is 6.92 Å². The summed E-state index contributed by atoms with van der Waals surface area (Å²) in [6.45, 7) is 5.77. The summed E-state index contributed by atoms with van der Waals surface area (Å²) in [5, 5.41) is 2.84. The Morgan fingerprint density at radius 2 is 1.88 bits per heavy atom. The van der Waals surface area contributed by atoms with Crippen LogP contribution >= 0.6 is 12.4 Å². The fourth-order valence-corrected chi connectivity index (χ4v) is 3.20. The minimum Gasteiger partial charge on any atom is -0.349 e. The molecule has 0 saturated carbocycles. The van der Waals surface area contributed by atoms with E-state index in [4.69, 9.17) is 5.73 Å². The van der Waals surface area contributed by atoms with Gasteiger partial charge in [0, 0.05) is 12.8 Å². The van der Waals surface area contributed by atoms with Crippen LogP contribution in [0.4, 0.5) is 4.39 Å². The van der Waals surface area contributed by atoms with Crippen LogP contribution in [0.5, 0.6) is 0 Å². The molecule has 0 heterocycles. The first kappa shape index (κ1) is 22.8. The highest BCUT2D eigenvalue weighted by molar-refractivity contribution is 7.90. The second-order valence-corrected chi connectivity index (χ2v) is 7.83. The van der Waals surface area contributed by atoms with Gasteiger partial charge in [0.15, 0.2) is 9.84 Å². The number of benzene rings is 1. The molecule has 0 aliphatic carbocycles. The van der Waals surface area contributed by atoms with Crippen LogP contribution in [0, 0.1) is 11.2 Å². The van der Waals surface area contributed by atoms with Gasteiger partial charge in [0.1, 0.15) is 10.7 Å². The Bertz CT molecular complexity index is 668. The Kier molecular flexibility index (Phi) is 8.35. The number of hydrogen-bond acceptors (Lipinski definition) is 4. The van der Waals surface area contributed by atoms with Gasteiger partial charge in [-0.25, -0.2) is 12.8 Å². The Morgan fingerprint density at radius 1 is 1.33 bits per heavy atom. The summed E-state index contributed by atoms with van der Waals surface area (Å²) >= 11 is 0. The van der Waals surface area contributed by atoms with Crippen molar-refractivity contribution >= 4 is 28.2 Å². The zero-order valence-corrected chi connectivity index (χ0v) is 16.1. The molecule has 0 fully saturated rings. The van der Waals surface area contributed by atoms with Crippen molar-refractivity contribution in [2.75, 3.05) is 12.8 Å². The molecule has 8 heteroatoms. The lowest BCUT2D eigenvalue weighted by molar-refractivity contribution is -0.131. The highest BCUT2D eigenvalue weighted by atomic mass is 35.5. The molecule has 3 N–H and O–H groups in total. The lowest BCUT2D eigenvalue weighted by atomic mass is 9.81. The van der Waals surface area contributed by atoms with E-state index in [1.807, 2.05) is 13.8 Å². The molecule has 1 rings (SSSR count). The SMILES string of the molecule is CCC(CC)(CN)C(=O)NC(C)c1ccc(S(C)(=O)=O)c(F)c1.Cl. The van der Waals surface area contributed by atoms with Crippen molar-refractivity contribution in [2.24, 2.45) is 11.1 Å². The third kappa shape index (κ3) is 4.91. The molecule has 0 aliphatic heterocycles. The summed E-state index contributed by atoms with van der Waals surface area (Å²) in [5.41, 5.74) is 5.61. The predicted octanol–water partition coefficient (Wildman–Crippen LogP) is 2.59. The van der Waals surface area contributed by atoms with Gasteiger partial charge in [0.2, 0.25) is 5.91 Å². The maximum absolute atomic E-state index is 14.0. The fourth-order valence-electron chi connectivity index (χ4n) is 2.47. The van der Waals surface area contributed by atoms with Crippen LogP contribution in [-0.2, 0) is 14.6 Å². The van der Waals surface area contributed by atoms with Crippen LogP contribution < -0.4 is 11.1 Å². The van der Waals surface area contributed by atoms with Crippen LogP contribution in [0.15, 0.2) is 23.1 Å². The predicted molar refractivity (Wildman–Crippen MR) is 95.4 cm³/mol.